The topological polar surface area (TPSA) is 43.6 Å². The zero-order valence-electron chi connectivity index (χ0n) is 6.76. The van der Waals surface area contributed by atoms with Crippen LogP contribution in [0.5, 0.6) is 0 Å². The van der Waals surface area contributed by atoms with Crippen molar-refractivity contribution in [3.05, 3.63) is 41.2 Å². The quantitative estimate of drug-likeness (QED) is 0.797. The minimum absolute atomic E-state index is 0.711. The van der Waals surface area contributed by atoms with Gasteiger partial charge in [-0.2, -0.15) is 5.10 Å². The van der Waals surface area contributed by atoms with E-state index in [1.165, 1.54) is 6.33 Å². The number of pyridine rings is 1. The summed E-state index contributed by atoms with van der Waals surface area (Å²) >= 11 is 3.30. The molecular formula is C8H7BrN4. The fourth-order valence-corrected chi connectivity index (χ4v) is 1.33. The zero-order valence-corrected chi connectivity index (χ0v) is 8.35. The molecule has 0 spiro atoms. The molecule has 0 unspecified atom stereocenters. The third kappa shape index (κ3) is 1.92. The van der Waals surface area contributed by atoms with Gasteiger partial charge < -0.3 is 0 Å². The van der Waals surface area contributed by atoms with E-state index in [9.17, 15) is 0 Å². The van der Waals surface area contributed by atoms with Crippen LogP contribution in [0.1, 0.15) is 5.56 Å². The molecule has 0 saturated heterocycles. The molecule has 2 rings (SSSR count). The first-order valence-corrected chi connectivity index (χ1v) is 4.58. The highest BCUT2D eigenvalue weighted by Gasteiger charge is 1.99. The summed E-state index contributed by atoms with van der Waals surface area (Å²) in [5.41, 5.74) is 1.15. The second-order valence-electron chi connectivity index (χ2n) is 2.54. The highest BCUT2D eigenvalue weighted by Crippen LogP contribution is 2.06. The molecule has 0 bridgehead atoms. The summed E-state index contributed by atoms with van der Waals surface area (Å²) in [5.74, 6) is 0. The van der Waals surface area contributed by atoms with Gasteiger partial charge >= 0.3 is 0 Å². The van der Waals surface area contributed by atoms with Gasteiger partial charge in [-0.1, -0.05) is 0 Å². The molecule has 0 aliphatic carbocycles. The molecule has 0 radical (unpaired) electrons. The summed E-state index contributed by atoms with van der Waals surface area (Å²) in [4.78, 5) is 7.91. The van der Waals surface area contributed by atoms with Crippen LogP contribution in [0.15, 0.2) is 35.6 Å². The van der Waals surface area contributed by atoms with Gasteiger partial charge in [-0.3, -0.25) is 4.98 Å². The lowest BCUT2D eigenvalue weighted by atomic mass is 10.3. The monoisotopic (exact) mass is 238 g/mol. The fraction of sp³-hybridized carbons (Fsp3) is 0.125. The fourth-order valence-electron chi connectivity index (χ4n) is 1.02. The maximum atomic E-state index is 4.05. The van der Waals surface area contributed by atoms with Crippen LogP contribution in [-0.4, -0.2) is 19.7 Å². The summed E-state index contributed by atoms with van der Waals surface area (Å²) in [6, 6.07) is 3.90. The number of hydrogen-bond acceptors (Lipinski definition) is 3. The van der Waals surface area contributed by atoms with E-state index in [0.717, 1.165) is 10.3 Å². The first kappa shape index (κ1) is 8.37. The van der Waals surface area contributed by atoms with Crippen molar-refractivity contribution >= 4 is 15.9 Å². The maximum Gasteiger partial charge on any atom is 0.195 e. The van der Waals surface area contributed by atoms with Crippen molar-refractivity contribution in [2.24, 2.45) is 0 Å². The third-order valence-electron chi connectivity index (χ3n) is 1.65. The third-order valence-corrected chi connectivity index (χ3v) is 2.26. The van der Waals surface area contributed by atoms with Gasteiger partial charge in [0.1, 0.15) is 6.33 Å². The van der Waals surface area contributed by atoms with Crippen molar-refractivity contribution in [3.63, 3.8) is 0 Å². The van der Waals surface area contributed by atoms with E-state index in [4.69, 9.17) is 0 Å². The Morgan fingerprint density at radius 1 is 1.31 bits per heavy atom. The molecule has 0 saturated carbocycles. The lowest BCUT2D eigenvalue weighted by molar-refractivity contribution is 0.667. The van der Waals surface area contributed by atoms with Gasteiger partial charge in [0.2, 0.25) is 0 Å². The van der Waals surface area contributed by atoms with Gasteiger partial charge in [0.25, 0.3) is 0 Å². The predicted octanol–water partition coefficient (Wildman–Crippen LogP) is 1.48. The first-order chi connectivity index (χ1) is 6.36. The normalized spacial score (nSPS) is 10.2. The van der Waals surface area contributed by atoms with Gasteiger partial charge in [-0.15, -0.1) is 0 Å². The van der Waals surface area contributed by atoms with Crippen molar-refractivity contribution < 1.29 is 0 Å². The number of rotatable bonds is 2. The molecule has 0 aliphatic heterocycles. The summed E-state index contributed by atoms with van der Waals surface area (Å²) in [5, 5.41) is 4.05. The smallest absolute Gasteiger partial charge is 0.195 e. The van der Waals surface area contributed by atoms with Crippen LogP contribution >= 0.6 is 15.9 Å². The molecule has 0 fully saturated rings. The molecule has 0 N–H and O–H groups in total. The summed E-state index contributed by atoms with van der Waals surface area (Å²) < 4.78 is 2.51. The van der Waals surface area contributed by atoms with E-state index in [-0.39, 0.29) is 0 Å². The lowest BCUT2D eigenvalue weighted by Crippen LogP contribution is -2.01. The molecule has 0 atom stereocenters. The van der Waals surface area contributed by atoms with Gasteiger partial charge in [-0.05, 0) is 33.6 Å². The average molecular weight is 239 g/mol. The highest BCUT2D eigenvalue weighted by atomic mass is 79.9. The minimum Gasteiger partial charge on any atom is -0.265 e. The molecular weight excluding hydrogens is 232 g/mol. The Morgan fingerprint density at radius 2 is 2.08 bits per heavy atom. The van der Waals surface area contributed by atoms with Gasteiger partial charge in [0, 0.05) is 12.4 Å². The second kappa shape index (κ2) is 3.66. The van der Waals surface area contributed by atoms with Gasteiger partial charge in [0.05, 0.1) is 6.54 Å². The van der Waals surface area contributed by atoms with Crippen LogP contribution in [-0.2, 0) is 6.54 Å². The van der Waals surface area contributed by atoms with E-state index >= 15 is 0 Å². The standard InChI is InChI=1S/C8H7BrN4/c9-8-11-6-12-13(8)5-7-1-3-10-4-2-7/h1-4,6H,5H2. The first-order valence-electron chi connectivity index (χ1n) is 3.78. The molecule has 5 heteroatoms. The Morgan fingerprint density at radius 3 is 2.69 bits per heavy atom. The van der Waals surface area contributed by atoms with Crippen LogP contribution in [0.2, 0.25) is 0 Å². The number of nitrogens with zero attached hydrogens (tertiary/aromatic N) is 4. The molecule has 0 aliphatic rings. The largest absolute Gasteiger partial charge is 0.265 e. The zero-order chi connectivity index (χ0) is 9.10. The number of aromatic nitrogens is 4. The average Bonchev–Trinajstić information content (AvgIpc) is 2.54. The van der Waals surface area contributed by atoms with Crippen molar-refractivity contribution in [2.45, 2.75) is 6.54 Å². The van der Waals surface area contributed by atoms with Crippen LogP contribution in [0.25, 0.3) is 0 Å². The Bertz CT molecular complexity index is 384. The summed E-state index contributed by atoms with van der Waals surface area (Å²) in [6.07, 6.45) is 5.05. The van der Waals surface area contributed by atoms with Crippen molar-refractivity contribution in [2.75, 3.05) is 0 Å². The molecule has 0 amide bonds. The molecule has 2 heterocycles. The second-order valence-corrected chi connectivity index (χ2v) is 3.25. The van der Waals surface area contributed by atoms with Crippen molar-refractivity contribution in [1.29, 1.82) is 0 Å². The lowest BCUT2D eigenvalue weighted by Gasteiger charge is -2.00. The molecule has 4 nitrogen and oxygen atoms in total. The van der Waals surface area contributed by atoms with Crippen molar-refractivity contribution in [1.82, 2.24) is 19.7 Å². The Hall–Kier alpha value is -1.23. The maximum absolute atomic E-state index is 4.05. The number of hydrogen-bond donors (Lipinski definition) is 0. The predicted molar refractivity (Wildman–Crippen MR) is 51.1 cm³/mol. The van der Waals surface area contributed by atoms with E-state index < -0.39 is 0 Å². The van der Waals surface area contributed by atoms with Crippen LogP contribution in [0.4, 0.5) is 0 Å². The van der Waals surface area contributed by atoms with E-state index in [1.54, 1.807) is 17.1 Å². The molecule has 66 valence electrons. The van der Waals surface area contributed by atoms with E-state index in [1.807, 2.05) is 12.1 Å². The van der Waals surface area contributed by atoms with Gasteiger partial charge in [0.15, 0.2) is 4.73 Å². The Labute approximate surface area is 83.8 Å². The molecule has 2 aromatic rings. The molecule has 2 aromatic heterocycles. The molecule has 13 heavy (non-hydrogen) atoms. The minimum atomic E-state index is 0.711. The Balaban J connectivity index is 2.20. The van der Waals surface area contributed by atoms with Crippen LogP contribution in [0, 0.1) is 0 Å². The van der Waals surface area contributed by atoms with Crippen LogP contribution < -0.4 is 0 Å². The van der Waals surface area contributed by atoms with E-state index in [0.29, 0.717) is 6.54 Å². The molecule has 0 aromatic carbocycles. The number of halogens is 1. The Kier molecular flexibility index (Phi) is 2.35. The SMILES string of the molecule is Brc1ncnn1Cc1ccncc1. The van der Waals surface area contributed by atoms with Crippen molar-refractivity contribution in [3.8, 4) is 0 Å². The summed E-state index contributed by atoms with van der Waals surface area (Å²) in [7, 11) is 0. The van der Waals surface area contributed by atoms with Crippen LogP contribution in [0.3, 0.4) is 0 Å². The highest BCUT2D eigenvalue weighted by molar-refractivity contribution is 9.10. The summed E-state index contributed by atoms with van der Waals surface area (Å²) in [6.45, 7) is 0.711. The van der Waals surface area contributed by atoms with Gasteiger partial charge in [-0.25, -0.2) is 9.67 Å². The van der Waals surface area contributed by atoms with E-state index in [2.05, 4.69) is 31.0 Å².